The molecule has 3 nitrogen and oxygen atoms in total. The van der Waals surface area contributed by atoms with Gasteiger partial charge in [-0.05, 0) is 43.8 Å². The zero-order chi connectivity index (χ0) is 14.7. The zero-order valence-electron chi connectivity index (χ0n) is 12.2. The van der Waals surface area contributed by atoms with Crippen LogP contribution in [0.1, 0.15) is 23.5 Å². The topological polar surface area (TPSA) is 34.1 Å². The standard InChI is InChI=1S/C17H18N2OS/c1-12(18-2)13-7-9-14(10-8-13)20-11-17-19-15-5-3-4-6-16(15)21-17/h3-10,12,18H,11H2,1-2H3. The lowest BCUT2D eigenvalue weighted by Gasteiger charge is -2.11. The quantitative estimate of drug-likeness (QED) is 0.768. The van der Waals surface area contributed by atoms with Crippen LogP contribution in [0, 0.1) is 0 Å². The highest BCUT2D eigenvalue weighted by Gasteiger charge is 2.05. The number of ether oxygens (including phenoxy) is 1. The van der Waals surface area contributed by atoms with Crippen molar-refractivity contribution in [1.29, 1.82) is 0 Å². The van der Waals surface area contributed by atoms with Gasteiger partial charge in [0.05, 0.1) is 10.2 Å². The van der Waals surface area contributed by atoms with Crippen LogP contribution in [-0.2, 0) is 6.61 Å². The van der Waals surface area contributed by atoms with Gasteiger partial charge in [-0.2, -0.15) is 0 Å². The lowest BCUT2D eigenvalue weighted by molar-refractivity contribution is 0.305. The van der Waals surface area contributed by atoms with E-state index in [2.05, 4.69) is 35.4 Å². The third-order valence-corrected chi connectivity index (χ3v) is 4.52. The second-order valence-corrected chi connectivity index (χ2v) is 6.06. The van der Waals surface area contributed by atoms with E-state index in [1.807, 2.05) is 37.4 Å². The highest BCUT2D eigenvalue weighted by Crippen LogP contribution is 2.23. The molecule has 0 saturated heterocycles. The Labute approximate surface area is 128 Å². The summed E-state index contributed by atoms with van der Waals surface area (Å²) in [4.78, 5) is 4.57. The molecule has 0 spiro atoms. The summed E-state index contributed by atoms with van der Waals surface area (Å²) >= 11 is 1.68. The van der Waals surface area contributed by atoms with Crippen LogP contribution >= 0.6 is 11.3 Å². The average Bonchev–Trinajstić information content (AvgIpc) is 2.95. The number of aromatic nitrogens is 1. The fraction of sp³-hybridized carbons (Fsp3) is 0.235. The lowest BCUT2D eigenvalue weighted by Crippen LogP contribution is -2.11. The van der Waals surface area contributed by atoms with Gasteiger partial charge in [-0.1, -0.05) is 24.3 Å². The van der Waals surface area contributed by atoms with E-state index in [1.54, 1.807) is 11.3 Å². The molecule has 0 saturated carbocycles. The summed E-state index contributed by atoms with van der Waals surface area (Å²) in [6.07, 6.45) is 0. The number of nitrogens with one attached hydrogen (secondary N) is 1. The van der Waals surface area contributed by atoms with Crippen molar-refractivity contribution in [1.82, 2.24) is 10.3 Å². The lowest BCUT2D eigenvalue weighted by atomic mass is 10.1. The van der Waals surface area contributed by atoms with E-state index >= 15 is 0 Å². The molecule has 1 unspecified atom stereocenters. The first-order valence-corrected chi connectivity index (χ1v) is 7.82. The summed E-state index contributed by atoms with van der Waals surface area (Å²) in [5, 5.41) is 4.23. The van der Waals surface area contributed by atoms with Gasteiger partial charge in [0.15, 0.2) is 0 Å². The average molecular weight is 298 g/mol. The minimum absolute atomic E-state index is 0.350. The van der Waals surface area contributed by atoms with E-state index in [0.29, 0.717) is 12.6 Å². The molecule has 0 bridgehead atoms. The van der Waals surface area contributed by atoms with E-state index < -0.39 is 0 Å². The normalized spacial score (nSPS) is 12.5. The molecule has 0 aliphatic carbocycles. The van der Waals surface area contributed by atoms with Crippen LogP contribution in [0.2, 0.25) is 0 Å². The zero-order valence-corrected chi connectivity index (χ0v) is 13.0. The van der Waals surface area contributed by atoms with Gasteiger partial charge in [0.25, 0.3) is 0 Å². The van der Waals surface area contributed by atoms with Crippen molar-refractivity contribution in [2.24, 2.45) is 0 Å². The Bertz CT molecular complexity index is 688. The van der Waals surface area contributed by atoms with Gasteiger partial charge in [0, 0.05) is 6.04 Å². The summed E-state index contributed by atoms with van der Waals surface area (Å²) < 4.78 is 7.02. The van der Waals surface area contributed by atoms with E-state index in [-0.39, 0.29) is 0 Å². The highest BCUT2D eigenvalue weighted by atomic mass is 32.1. The summed E-state index contributed by atoms with van der Waals surface area (Å²) in [6.45, 7) is 2.65. The molecule has 0 aliphatic rings. The number of fused-ring (bicyclic) bond motifs is 1. The first-order valence-electron chi connectivity index (χ1n) is 7.01. The second kappa shape index (κ2) is 6.24. The Morgan fingerprint density at radius 2 is 1.90 bits per heavy atom. The molecule has 3 rings (SSSR count). The molecule has 0 radical (unpaired) electrons. The molecule has 3 aromatic rings. The molecule has 0 aliphatic heterocycles. The maximum atomic E-state index is 5.82. The predicted molar refractivity (Wildman–Crippen MR) is 87.9 cm³/mol. The van der Waals surface area contributed by atoms with E-state index in [1.165, 1.54) is 10.3 Å². The minimum Gasteiger partial charge on any atom is -0.486 e. The number of hydrogen-bond acceptors (Lipinski definition) is 4. The summed E-state index contributed by atoms with van der Waals surface area (Å²) in [5.74, 6) is 0.876. The molecule has 0 amide bonds. The third kappa shape index (κ3) is 3.23. The molecule has 21 heavy (non-hydrogen) atoms. The van der Waals surface area contributed by atoms with Gasteiger partial charge in [0.2, 0.25) is 0 Å². The van der Waals surface area contributed by atoms with Gasteiger partial charge in [-0.3, -0.25) is 0 Å². The maximum Gasteiger partial charge on any atom is 0.140 e. The number of benzene rings is 2. The van der Waals surface area contributed by atoms with Crippen molar-refractivity contribution in [3.63, 3.8) is 0 Å². The third-order valence-electron chi connectivity index (χ3n) is 3.51. The largest absolute Gasteiger partial charge is 0.486 e. The Balaban J connectivity index is 1.67. The summed E-state index contributed by atoms with van der Waals surface area (Å²) in [6, 6.07) is 16.7. The first-order chi connectivity index (χ1) is 10.3. The van der Waals surface area contributed by atoms with Crippen molar-refractivity contribution in [2.75, 3.05) is 7.05 Å². The van der Waals surface area contributed by atoms with E-state index in [0.717, 1.165) is 16.3 Å². The number of rotatable bonds is 5. The van der Waals surface area contributed by atoms with Crippen molar-refractivity contribution >= 4 is 21.6 Å². The van der Waals surface area contributed by atoms with Crippen molar-refractivity contribution in [3.05, 3.63) is 59.1 Å². The predicted octanol–water partition coefficient (Wildman–Crippen LogP) is 4.16. The molecular formula is C17H18N2OS. The molecule has 1 heterocycles. The van der Waals surface area contributed by atoms with Crippen LogP contribution in [0.5, 0.6) is 5.75 Å². The monoisotopic (exact) mass is 298 g/mol. The van der Waals surface area contributed by atoms with Crippen LogP contribution in [0.3, 0.4) is 0 Å². The fourth-order valence-electron chi connectivity index (χ4n) is 2.15. The maximum absolute atomic E-state index is 5.82. The van der Waals surface area contributed by atoms with Gasteiger partial charge in [-0.15, -0.1) is 11.3 Å². The van der Waals surface area contributed by atoms with Crippen LogP contribution < -0.4 is 10.1 Å². The van der Waals surface area contributed by atoms with Crippen molar-refractivity contribution in [2.45, 2.75) is 19.6 Å². The first kappa shape index (κ1) is 14.0. The number of para-hydroxylation sites is 1. The molecule has 4 heteroatoms. The molecule has 2 aromatic carbocycles. The summed E-state index contributed by atoms with van der Waals surface area (Å²) in [5.41, 5.74) is 2.30. The van der Waals surface area contributed by atoms with Crippen molar-refractivity contribution < 1.29 is 4.74 Å². The Kier molecular flexibility index (Phi) is 4.18. The molecule has 1 N–H and O–H groups in total. The number of thiazole rings is 1. The number of hydrogen-bond donors (Lipinski definition) is 1. The van der Waals surface area contributed by atoms with Crippen LogP contribution in [0.25, 0.3) is 10.2 Å². The Morgan fingerprint density at radius 1 is 1.14 bits per heavy atom. The van der Waals surface area contributed by atoms with Gasteiger partial charge in [0.1, 0.15) is 17.4 Å². The van der Waals surface area contributed by atoms with Crippen molar-refractivity contribution in [3.8, 4) is 5.75 Å². The Hall–Kier alpha value is -1.91. The summed E-state index contributed by atoms with van der Waals surface area (Å²) in [7, 11) is 1.96. The van der Waals surface area contributed by atoms with E-state index in [4.69, 9.17) is 4.74 Å². The van der Waals surface area contributed by atoms with Gasteiger partial charge >= 0.3 is 0 Å². The van der Waals surface area contributed by atoms with Gasteiger partial charge in [-0.25, -0.2) is 4.98 Å². The smallest absolute Gasteiger partial charge is 0.140 e. The molecular weight excluding hydrogens is 280 g/mol. The van der Waals surface area contributed by atoms with Crippen LogP contribution in [-0.4, -0.2) is 12.0 Å². The SMILES string of the molecule is CNC(C)c1ccc(OCc2nc3ccccc3s2)cc1. The molecule has 0 fully saturated rings. The Morgan fingerprint density at radius 3 is 2.62 bits per heavy atom. The molecule has 1 atom stereocenters. The highest BCUT2D eigenvalue weighted by molar-refractivity contribution is 7.18. The van der Waals surface area contributed by atoms with Gasteiger partial charge < -0.3 is 10.1 Å². The van der Waals surface area contributed by atoms with Crippen LogP contribution in [0.4, 0.5) is 0 Å². The van der Waals surface area contributed by atoms with Crippen LogP contribution in [0.15, 0.2) is 48.5 Å². The molecule has 1 aromatic heterocycles. The fourth-order valence-corrected chi connectivity index (χ4v) is 3.03. The van der Waals surface area contributed by atoms with E-state index in [9.17, 15) is 0 Å². The second-order valence-electron chi connectivity index (χ2n) is 4.94. The molecule has 108 valence electrons. The minimum atomic E-state index is 0.350. The number of nitrogens with zero attached hydrogens (tertiary/aromatic N) is 1.